The van der Waals surface area contributed by atoms with E-state index in [4.69, 9.17) is 46.4 Å². The first-order valence-electron chi connectivity index (χ1n) is 9.63. The van der Waals surface area contributed by atoms with Crippen molar-refractivity contribution in [2.45, 2.75) is 6.92 Å². The van der Waals surface area contributed by atoms with E-state index in [1.54, 1.807) is 37.3 Å². The molecule has 0 aliphatic carbocycles. The molecule has 0 fully saturated rings. The molecule has 4 rings (SSSR count). The second-order valence-electron chi connectivity index (χ2n) is 7.12. The Morgan fingerprint density at radius 2 is 1.67 bits per heavy atom. The van der Waals surface area contributed by atoms with Gasteiger partial charge in [-0.1, -0.05) is 70.7 Å². The van der Waals surface area contributed by atoms with Crippen molar-refractivity contribution in [2.75, 3.05) is 0 Å². The Hall–Kier alpha value is -2.83. The number of nitrogens with one attached hydrogen (secondary N) is 1. The lowest BCUT2D eigenvalue weighted by Crippen LogP contribution is -2.20. The van der Waals surface area contributed by atoms with Gasteiger partial charge in [0.05, 0.1) is 37.6 Å². The number of rotatable bonds is 4. The number of benzene rings is 3. The number of halogens is 4. The lowest BCUT2D eigenvalue weighted by Gasteiger charge is -2.11. The van der Waals surface area contributed by atoms with E-state index in [0.717, 1.165) is 0 Å². The summed E-state index contributed by atoms with van der Waals surface area (Å²) in [5, 5.41) is 16.2. The molecule has 166 valence electrons. The molecule has 0 saturated carbocycles. The van der Waals surface area contributed by atoms with Gasteiger partial charge in [-0.2, -0.15) is 5.10 Å². The standard InChI is InChI=1S/C24H15Cl4N3O2/c1-12(16-9-14(25)10-20(28)23(16)32)30-31-24(33)17-11-22(13-6-7-18(26)19(27)8-13)29-21-5-3-2-4-15(17)21/h2-11,32H,1H3,(H,31,33)/b30-12+. The summed E-state index contributed by atoms with van der Waals surface area (Å²) in [6.45, 7) is 1.62. The van der Waals surface area contributed by atoms with E-state index in [-0.39, 0.29) is 10.8 Å². The van der Waals surface area contributed by atoms with Gasteiger partial charge in [0, 0.05) is 21.5 Å². The number of hydrogen-bond acceptors (Lipinski definition) is 4. The lowest BCUT2D eigenvalue weighted by atomic mass is 10.0. The molecule has 33 heavy (non-hydrogen) atoms. The van der Waals surface area contributed by atoms with Crippen LogP contribution in [-0.2, 0) is 0 Å². The first-order valence-corrected chi connectivity index (χ1v) is 11.1. The van der Waals surface area contributed by atoms with E-state index in [2.05, 4.69) is 15.5 Å². The molecule has 2 N–H and O–H groups in total. The average molecular weight is 519 g/mol. The zero-order valence-corrected chi connectivity index (χ0v) is 20.1. The summed E-state index contributed by atoms with van der Waals surface area (Å²) in [6.07, 6.45) is 0. The summed E-state index contributed by atoms with van der Waals surface area (Å²) < 4.78 is 0. The zero-order chi connectivity index (χ0) is 23.7. The quantitative estimate of drug-likeness (QED) is 0.218. The van der Waals surface area contributed by atoms with Gasteiger partial charge in [-0.25, -0.2) is 10.4 Å². The Labute approximate surface area is 209 Å². The lowest BCUT2D eigenvalue weighted by molar-refractivity contribution is 0.0956. The maximum Gasteiger partial charge on any atom is 0.272 e. The zero-order valence-electron chi connectivity index (χ0n) is 17.0. The van der Waals surface area contributed by atoms with Crippen LogP contribution in [0.25, 0.3) is 22.2 Å². The van der Waals surface area contributed by atoms with Gasteiger partial charge in [-0.3, -0.25) is 4.79 Å². The maximum absolute atomic E-state index is 13.1. The molecule has 0 bridgehead atoms. The number of hydrogen-bond donors (Lipinski definition) is 2. The predicted molar refractivity (Wildman–Crippen MR) is 135 cm³/mol. The Balaban J connectivity index is 1.73. The largest absolute Gasteiger partial charge is 0.506 e. The normalized spacial score (nSPS) is 11.6. The highest BCUT2D eigenvalue weighted by molar-refractivity contribution is 6.42. The SMILES string of the molecule is C/C(=N\NC(=O)c1cc(-c2ccc(Cl)c(Cl)c2)nc2ccccc12)c1cc(Cl)cc(Cl)c1O. The number of pyridine rings is 1. The van der Waals surface area contributed by atoms with Crippen LogP contribution >= 0.6 is 46.4 Å². The number of aromatic nitrogens is 1. The number of carbonyl (C=O) groups excluding carboxylic acids is 1. The number of fused-ring (bicyclic) bond motifs is 1. The van der Waals surface area contributed by atoms with Crippen LogP contribution in [0.2, 0.25) is 20.1 Å². The number of phenolic OH excluding ortho intramolecular Hbond substituents is 1. The predicted octanol–water partition coefficient (Wildman–Crippen LogP) is 7.38. The minimum Gasteiger partial charge on any atom is -0.506 e. The molecule has 1 aromatic heterocycles. The molecular weight excluding hydrogens is 504 g/mol. The van der Waals surface area contributed by atoms with Crippen molar-refractivity contribution in [3.05, 3.63) is 91.9 Å². The van der Waals surface area contributed by atoms with E-state index in [1.807, 2.05) is 18.2 Å². The molecule has 0 saturated heterocycles. The Morgan fingerprint density at radius 3 is 2.42 bits per heavy atom. The topological polar surface area (TPSA) is 74.6 Å². The molecule has 0 spiro atoms. The summed E-state index contributed by atoms with van der Waals surface area (Å²) in [6, 6.07) is 17.0. The van der Waals surface area contributed by atoms with Gasteiger partial charge < -0.3 is 5.11 Å². The number of nitrogens with zero attached hydrogens (tertiary/aromatic N) is 2. The van der Waals surface area contributed by atoms with Crippen molar-refractivity contribution >= 4 is 68.9 Å². The third-order valence-corrected chi connectivity index (χ3v) is 6.16. The second-order valence-corrected chi connectivity index (χ2v) is 8.78. The monoisotopic (exact) mass is 517 g/mol. The van der Waals surface area contributed by atoms with Crippen molar-refractivity contribution in [1.29, 1.82) is 0 Å². The summed E-state index contributed by atoms with van der Waals surface area (Å²) in [4.78, 5) is 17.8. The molecule has 5 nitrogen and oxygen atoms in total. The molecule has 0 atom stereocenters. The van der Waals surface area contributed by atoms with Gasteiger partial charge in [0.1, 0.15) is 5.75 Å². The van der Waals surface area contributed by atoms with Crippen LogP contribution in [0.4, 0.5) is 0 Å². The second kappa shape index (κ2) is 9.57. The molecule has 4 aromatic rings. The van der Waals surface area contributed by atoms with Crippen LogP contribution in [-0.4, -0.2) is 21.7 Å². The highest BCUT2D eigenvalue weighted by Gasteiger charge is 2.16. The average Bonchev–Trinajstić information content (AvgIpc) is 2.80. The highest BCUT2D eigenvalue weighted by Crippen LogP contribution is 2.32. The fourth-order valence-electron chi connectivity index (χ4n) is 3.26. The highest BCUT2D eigenvalue weighted by atomic mass is 35.5. The number of amides is 1. The minimum atomic E-state index is -0.457. The maximum atomic E-state index is 13.1. The molecule has 0 unspecified atom stereocenters. The number of para-hydroxylation sites is 1. The molecule has 0 aliphatic heterocycles. The van der Waals surface area contributed by atoms with E-state index < -0.39 is 5.91 Å². The number of phenols is 1. The van der Waals surface area contributed by atoms with Gasteiger partial charge in [0.2, 0.25) is 0 Å². The summed E-state index contributed by atoms with van der Waals surface area (Å²) >= 11 is 24.2. The molecule has 0 aliphatic rings. The van der Waals surface area contributed by atoms with Crippen LogP contribution in [0.15, 0.2) is 65.8 Å². The smallest absolute Gasteiger partial charge is 0.272 e. The van der Waals surface area contributed by atoms with Gasteiger partial charge in [0.25, 0.3) is 5.91 Å². The van der Waals surface area contributed by atoms with Crippen LogP contribution in [0.1, 0.15) is 22.8 Å². The number of aromatic hydroxyl groups is 1. The summed E-state index contributed by atoms with van der Waals surface area (Å²) in [5.41, 5.74) is 5.43. The molecule has 1 heterocycles. The molecular formula is C24H15Cl4N3O2. The first-order chi connectivity index (χ1) is 15.7. The Morgan fingerprint density at radius 1 is 0.909 bits per heavy atom. The van der Waals surface area contributed by atoms with E-state index in [0.29, 0.717) is 54.1 Å². The molecule has 1 amide bonds. The summed E-state index contributed by atoms with van der Waals surface area (Å²) in [7, 11) is 0. The van der Waals surface area contributed by atoms with Gasteiger partial charge >= 0.3 is 0 Å². The van der Waals surface area contributed by atoms with Crippen molar-refractivity contribution in [3.8, 4) is 17.0 Å². The van der Waals surface area contributed by atoms with Crippen molar-refractivity contribution in [2.24, 2.45) is 5.10 Å². The van der Waals surface area contributed by atoms with Crippen LogP contribution in [0, 0.1) is 0 Å². The van der Waals surface area contributed by atoms with Gasteiger partial charge in [-0.05, 0) is 43.3 Å². The van der Waals surface area contributed by atoms with Gasteiger partial charge in [0.15, 0.2) is 0 Å². The molecule has 9 heteroatoms. The van der Waals surface area contributed by atoms with Crippen molar-refractivity contribution in [3.63, 3.8) is 0 Å². The number of hydrazone groups is 1. The van der Waals surface area contributed by atoms with Crippen LogP contribution in [0.3, 0.4) is 0 Å². The third-order valence-electron chi connectivity index (χ3n) is 4.92. The van der Waals surface area contributed by atoms with Crippen LogP contribution in [0.5, 0.6) is 5.75 Å². The Kier molecular flexibility index (Phi) is 6.77. The fraction of sp³-hybridized carbons (Fsp3) is 0.0417. The third kappa shape index (κ3) is 4.92. The Bertz CT molecular complexity index is 1440. The minimum absolute atomic E-state index is 0.0878. The fourth-order valence-corrected chi connectivity index (χ4v) is 4.05. The molecule has 0 radical (unpaired) electrons. The first kappa shape index (κ1) is 23.3. The number of carbonyl (C=O) groups is 1. The van der Waals surface area contributed by atoms with E-state index in [1.165, 1.54) is 12.1 Å². The van der Waals surface area contributed by atoms with Crippen molar-refractivity contribution in [1.82, 2.24) is 10.4 Å². The van der Waals surface area contributed by atoms with Crippen molar-refractivity contribution < 1.29 is 9.90 Å². The van der Waals surface area contributed by atoms with Crippen LogP contribution < -0.4 is 5.43 Å². The summed E-state index contributed by atoms with van der Waals surface area (Å²) in [5.74, 6) is -0.630. The van der Waals surface area contributed by atoms with E-state index in [9.17, 15) is 9.90 Å². The molecule has 3 aromatic carbocycles. The van der Waals surface area contributed by atoms with E-state index >= 15 is 0 Å². The van der Waals surface area contributed by atoms with Gasteiger partial charge in [-0.15, -0.1) is 0 Å².